The lowest BCUT2D eigenvalue weighted by atomic mass is 9.95. The lowest BCUT2D eigenvalue weighted by molar-refractivity contribution is -0.119. The van der Waals surface area contributed by atoms with Gasteiger partial charge in [-0.2, -0.15) is 5.10 Å². The van der Waals surface area contributed by atoms with E-state index in [0.29, 0.717) is 5.56 Å². The van der Waals surface area contributed by atoms with Crippen LogP contribution in [0.25, 0.3) is 0 Å². The number of benzene rings is 1. The van der Waals surface area contributed by atoms with Crippen LogP contribution in [0.1, 0.15) is 48.1 Å². The fraction of sp³-hybridized carbons (Fsp3) is 0.412. The number of Topliss-reactive ketones (excluding diaryl/α,β-unsaturated/α-hetero) is 2. The number of nitrogens with zero attached hydrogens (tertiary/aromatic N) is 3. The SMILES string of the molecule is CSc1ccc(C(=O)CC(=O)C2CC2)c(C(C)n2cncn2)c1. The number of hydrogen-bond acceptors (Lipinski definition) is 5. The quantitative estimate of drug-likeness (QED) is 0.443. The average molecular weight is 329 g/mol. The molecule has 0 spiro atoms. The van der Waals surface area contributed by atoms with E-state index < -0.39 is 0 Å². The Morgan fingerprint density at radius 1 is 1.39 bits per heavy atom. The molecule has 0 saturated heterocycles. The molecule has 5 nitrogen and oxygen atoms in total. The molecule has 1 fully saturated rings. The summed E-state index contributed by atoms with van der Waals surface area (Å²) in [6.45, 7) is 1.98. The molecule has 1 aliphatic carbocycles. The van der Waals surface area contributed by atoms with Crippen LogP contribution in [0.2, 0.25) is 0 Å². The van der Waals surface area contributed by atoms with Crippen LogP contribution >= 0.6 is 11.8 Å². The molecule has 0 bridgehead atoms. The largest absolute Gasteiger partial charge is 0.299 e. The van der Waals surface area contributed by atoms with Crippen molar-refractivity contribution in [2.45, 2.75) is 37.1 Å². The van der Waals surface area contributed by atoms with Crippen LogP contribution in [0.4, 0.5) is 0 Å². The maximum atomic E-state index is 12.6. The molecule has 1 atom stereocenters. The third kappa shape index (κ3) is 3.52. The van der Waals surface area contributed by atoms with Gasteiger partial charge in [0.2, 0.25) is 0 Å². The smallest absolute Gasteiger partial charge is 0.170 e. The predicted octanol–water partition coefficient (Wildman–Crippen LogP) is 3.16. The Morgan fingerprint density at radius 2 is 2.17 bits per heavy atom. The Bertz CT molecular complexity index is 723. The highest BCUT2D eigenvalue weighted by Gasteiger charge is 2.31. The van der Waals surface area contributed by atoms with Crippen molar-refractivity contribution >= 4 is 23.3 Å². The fourth-order valence-electron chi connectivity index (χ4n) is 2.63. The Hall–Kier alpha value is -1.95. The van der Waals surface area contributed by atoms with Gasteiger partial charge >= 0.3 is 0 Å². The molecular formula is C17H19N3O2S. The minimum atomic E-state index is -0.112. The molecule has 23 heavy (non-hydrogen) atoms. The highest BCUT2D eigenvalue weighted by atomic mass is 32.2. The van der Waals surface area contributed by atoms with Gasteiger partial charge in [-0.1, -0.05) is 0 Å². The molecule has 120 valence electrons. The van der Waals surface area contributed by atoms with E-state index in [-0.39, 0.29) is 29.9 Å². The molecule has 6 heteroatoms. The number of ketones is 2. The highest BCUT2D eigenvalue weighted by molar-refractivity contribution is 7.98. The molecule has 1 saturated carbocycles. The van der Waals surface area contributed by atoms with Crippen molar-refractivity contribution in [3.8, 4) is 0 Å². The van der Waals surface area contributed by atoms with E-state index in [4.69, 9.17) is 0 Å². The zero-order valence-electron chi connectivity index (χ0n) is 13.2. The molecular weight excluding hydrogens is 310 g/mol. The van der Waals surface area contributed by atoms with Crippen LogP contribution in [0.15, 0.2) is 35.7 Å². The molecule has 0 aliphatic heterocycles. The minimum absolute atomic E-state index is 0.000355. The van der Waals surface area contributed by atoms with Gasteiger partial charge in [0.25, 0.3) is 0 Å². The van der Waals surface area contributed by atoms with Crippen LogP contribution in [0.3, 0.4) is 0 Å². The second kappa shape index (κ2) is 6.66. The summed E-state index contributed by atoms with van der Waals surface area (Å²) < 4.78 is 1.72. The molecule has 0 radical (unpaired) electrons. The second-order valence-electron chi connectivity index (χ2n) is 5.85. The summed E-state index contributed by atoms with van der Waals surface area (Å²) in [5, 5.41) is 4.17. The molecule has 1 heterocycles. The van der Waals surface area contributed by atoms with E-state index in [1.807, 2.05) is 31.4 Å². The van der Waals surface area contributed by atoms with Gasteiger partial charge < -0.3 is 0 Å². The summed E-state index contributed by atoms with van der Waals surface area (Å²) in [7, 11) is 0. The van der Waals surface area contributed by atoms with Gasteiger partial charge in [0, 0.05) is 16.4 Å². The monoisotopic (exact) mass is 329 g/mol. The van der Waals surface area contributed by atoms with Gasteiger partial charge in [-0.25, -0.2) is 9.67 Å². The zero-order chi connectivity index (χ0) is 16.4. The second-order valence-corrected chi connectivity index (χ2v) is 6.72. The zero-order valence-corrected chi connectivity index (χ0v) is 14.0. The lowest BCUT2D eigenvalue weighted by Gasteiger charge is -2.17. The Labute approximate surface area is 139 Å². The van der Waals surface area contributed by atoms with Gasteiger partial charge in [-0.3, -0.25) is 9.59 Å². The Morgan fingerprint density at radius 3 is 2.78 bits per heavy atom. The van der Waals surface area contributed by atoms with Gasteiger partial charge in [0.15, 0.2) is 5.78 Å². The first-order valence-corrected chi connectivity index (χ1v) is 8.90. The predicted molar refractivity (Wildman–Crippen MR) is 88.7 cm³/mol. The number of rotatable bonds is 7. The van der Waals surface area contributed by atoms with Crippen LogP contribution < -0.4 is 0 Å². The van der Waals surface area contributed by atoms with Gasteiger partial charge in [-0.15, -0.1) is 11.8 Å². The topological polar surface area (TPSA) is 64.8 Å². The van der Waals surface area contributed by atoms with E-state index in [0.717, 1.165) is 23.3 Å². The van der Waals surface area contributed by atoms with Gasteiger partial charge in [-0.05, 0) is 49.8 Å². The molecule has 1 unspecified atom stereocenters. The van der Waals surface area contributed by atoms with Crippen LogP contribution in [0.5, 0.6) is 0 Å². The van der Waals surface area contributed by atoms with Crippen molar-refractivity contribution in [1.82, 2.24) is 14.8 Å². The van der Waals surface area contributed by atoms with Crippen molar-refractivity contribution in [3.63, 3.8) is 0 Å². The molecule has 2 aromatic rings. The van der Waals surface area contributed by atoms with Crippen molar-refractivity contribution < 1.29 is 9.59 Å². The summed E-state index contributed by atoms with van der Waals surface area (Å²) in [6.07, 6.45) is 6.98. The van der Waals surface area contributed by atoms with Gasteiger partial charge in [0.05, 0.1) is 12.5 Å². The van der Waals surface area contributed by atoms with Crippen LogP contribution in [-0.2, 0) is 4.79 Å². The molecule has 3 rings (SSSR count). The molecule has 1 aliphatic rings. The Balaban J connectivity index is 1.91. The molecule has 0 N–H and O–H groups in total. The summed E-state index contributed by atoms with van der Waals surface area (Å²) in [5.74, 6) is 0.0837. The van der Waals surface area contributed by atoms with Crippen molar-refractivity contribution in [1.29, 1.82) is 0 Å². The number of thioether (sulfide) groups is 1. The first kappa shape index (κ1) is 15.9. The van der Waals surface area contributed by atoms with E-state index in [9.17, 15) is 9.59 Å². The summed E-state index contributed by atoms with van der Waals surface area (Å²) in [6, 6.07) is 5.65. The first-order chi connectivity index (χ1) is 11.1. The third-order valence-corrected chi connectivity index (χ3v) is 4.94. The fourth-order valence-corrected chi connectivity index (χ4v) is 3.08. The number of aromatic nitrogens is 3. The highest BCUT2D eigenvalue weighted by Crippen LogP contribution is 2.32. The maximum absolute atomic E-state index is 12.6. The lowest BCUT2D eigenvalue weighted by Crippen LogP contribution is -2.16. The van der Waals surface area contributed by atoms with E-state index in [2.05, 4.69) is 10.1 Å². The van der Waals surface area contributed by atoms with Gasteiger partial charge in [0.1, 0.15) is 18.4 Å². The Kier molecular flexibility index (Phi) is 4.61. The van der Waals surface area contributed by atoms with E-state index >= 15 is 0 Å². The minimum Gasteiger partial charge on any atom is -0.299 e. The maximum Gasteiger partial charge on any atom is 0.170 e. The number of carbonyl (C=O) groups is 2. The number of carbonyl (C=O) groups excluding carboxylic acids is 2. The molecule has 0 amide bonds. The van der Waals surface area contributed by atoms with Crippen molar-refractivity contribution in [3.05, 3.63) is 42.0 Å². The summed E-state index contributed by atoms with van der Waals surface area (Å²) >= 11 is 1.62. The number of hydrogen-bond donors (Lipinski definition) is 0. The standard InChI is InChI=1S/C17H19N3O2S/c1-11(20-10-18-9-19-20)15-7-13(23-2)5-6-14(15)17(22)8-16(21)12-3-4-12/h5-7,9-12H,3-4,8H2,1-2H3. The summed E-state index contributed by atoms with van der Waals surface area (Å²) in [5.41, 5.74) is 1.50. The normalized spacial score (nSPS) is 15.4. The van der Waals surface area contributed by atoms with Crippen molar-refractivity contribution in [2.75, 3.05) is 6.26 Å². The van der Waals surface area contributed by atoms with Crippen LogP contribution in [0, 0.1) is 5.92 Å². The average Bonchev–Trinajstić information content (AvgIpc) is 3.28. The first-order valence-electron chi connectivity index (χ1n) is 7.68. The third-order valence-electron chi connectivity index (χ3n) is 4.21. The van der Waals surface area contributed by atoms with Crippen molar-refractivity contribution in [2.24, 2.45) is 5.92 Å². The summed E-state index contributed by atoms with van der Waals surface area (Å²) in [4.78, 5) is 29.6. The van der Waals surface area contributed by atoms with E-state index in [1.54, 1.807) is 22.8 Å². The molecule has 1 aromatic carbocycles. The molecule has 1 aromatic heterocycles. The van der Waals surface area contributed by atoms with Crippen LogP contribution in [-0.4, -0.2) is 32.6 Å². The van der Waals surface area contributed by atoms with E-state index in [1.165, 1.54) is 6.33 Å².